The molecule has 1 amide bonds. The number of halogens is 1. The second kappa shape index (κ2) is 6.27. The molecule has 0 unspecified atom stereocenters. The van der Waals surface area contributed by atoms with E-state index in [1.165, 1.54) is 12.1 Å². The molecule has 3 aromatic rings. The lowest BCUT2D eigenvalue weighted by Crippen LogP contribution is -2.26. The zero-order chi connectivity index (χ0) is 17.3. The van der Waals surface area contributed by atoms with Crippen molar-refractivity contribution < 1.29 is 13.7 Å². The predicted octanol–water partition coefficient (Wildman–Crippen LogP) is 2.79. The molecule has 2 heterocycles. The fourth-order valence-electron chi connectivity index (χ4n) is 2.35. The quantitative estimate of drug-likeness (QED) is 0.739. The number of carbonyl (C=O) groups is 1. The van der Waals surface area contributed by atoms with Gasteiger partial charge in [0, 0.05) is 43.5 Å². The second-order valence-electron chi connectivity index (χ2n) is 5.62. The van der Waals surface area contributed by atoms with Crippen LogP contribution in [0.3, 0.4) is 0 Å². The number of aromatic nitrogens is 3. The van der Waals surface area contributed by atoms with Gasteiger partial charge in [0.25, 0.3) is 5.91 Å². The van der Waals surface area contributed by atoms with Gasteiger partial charge in [0.2, 0.25) is 0 Å². The van der Waals surface area contributed by atoms with Crippen LogP contribution in [0.5, 0.6) is 0 Å². The lowest BCUT2D eigenvalue weighted by Gasteiger charge is -2.15. The number of benzene rings is 1. The van der Waals surface area contributed by atoms with Gasteiger partial charge < -0.3 is 9.42 Å². The molecule has 0 aliphatic carbocycles. The number of carbonyl (C=O) groups excluding carboxylic acids is 1. The minimum absolute atomic E-state index is 0.207. The monoisotopic (exact) mass is 328 g/mol. The number of rotatable bonds is 4. The molecule has 124 valence electrons. The van der Waals surface area contributed by atoms with E-state index in [1.54, 1.807) is 41.0 Å². The topological polar surface area (TPSA) is 64.2 Å². The summed E-state index contributed by atoms with van der Waals surface area (Å²) in [5, 5.41) is 7.99. The summed E-state index contributed by atoms with van der Waals surface area (Å²) in [4.78, 5) is 14.0. The molecule has 0 atom stereocenters. The average Bonchev–Trinajstić information content (AvgIpc) is 3.17. The Morgan fingerprint density at radius 2 is 2.04 bits per heavy atom. The van der Waals surface area contributed by atoms with Crippen LogP contribution in [0.15, 0.2) is 41.1 Å². The van der Waals surface area contributed by atoms with Crippen molar-refractivity contribution in [1.29, 1.82) is 0 Å². The van der Waals surface area contributed by atoms with Gasteiger partial charge in [-0.1, -0.05) is 5.16 Å². The predicted molar refractivity (Wildman–Crippen MR) is 85.6 cm³/mol. The van der Waals surface area contributed by atoms with Gasteiger partial charge in [0.1, 0.15) is 5.82 Å². The first-order valence-corrected chi connectivity index (χ1v) is 7.41. The van der Waals surface area contributed by atoms with E-state index in [9.17, 15) is 9.18 Å². The van der Waals surface area contributed by atoms with Crippen LogP contribution in [0.1, 0.15) is 21.7 Å². The Morgan fingerprint density at radius 3 is 2.67 bits per heavy atom. The summed E-state index contributed by atoms with van der Waals surface area (Å²) in [5.74, 6) is -0.166. The van der Waals surface area contributed by atoms with E-state index < -0.39 is 0 Å². The van der Waals surface area contributed by atoms with Gasteiger partial charge in [-0.2, -0.15) is 5.10 Å². The molecule has 24 heavy (non-hydrogen) atoms. The number of amides is 1. The van der Waals surface area contributed by atoms with Crippen LogP contribution < -0.4 is 0 Å². The van der Waals surface area contributed by atoms with Crippen molar-refractivity contribution in [3.05, 3.63) is 59.3 Å². The highest BCUT2D eigenvalue weighted by molar-refractivity contribution is 5.92. The molecular weight excluding hydrogens is 311 g/mol. The Kier molecular flexibility index (Phi) is 4.16. The molecule has 7 heteroatoms. The van der Waals surface area contributed by atoms with Crippen LogP contribution in [0.4, 0.5) is 4.39 Å². The summed E-state index contributed by atoms with van der Waals surface area (Å²) in [6, 6.07) is 7.37. The SMILES string of the molecule is Cc1c(CN(C)C(=O)c2cc(-c3ccc(F)cc3)on2)cnn1C. The van der Waals surface area contributed by atoms with Gasteiger partial charge in [-0.05, 0) is 31.2 Å². The Labute approximate surface area is 138 Å². The first-order valence-electron chi connectivity index (χ1n) is 7.41. The van der Waals surface area contributed by atoms with Crippen molar-refractivity contribution in [3.63, 3.8) is 0 Å². The molecule has 1 aromatic carbocycles. The Balaban J connectivity index is 1.75. The van der Waals surface area contributed by atoms with E-state index in [0.717, 1.165) is 11.3 Å². The number of aryl methyl sites for hydroxylation is 1. The summed E-state index contributed by atoms with van der Waals surface area (Å²) in [6.07, 6.45) is 1.74. The molecule has 6 nitrogen and oxygen atoms in total. The van der Waals surface area contributed by atoms with Crippen molar-refractivity contribution in [2.24, 2.45) is 7.05 Å². The van der Waals surface area contributed by atoms with E-state index in [0.29, 0.717) is 17.9 Å². The molecule has 3 rings (SSSR count). The normalized spacial score (nSPS) is 10.8. The fraction of sp³-hybridized carbons (Fsp3) is 0.235. The molecule has 2 aromatic heterocycles. The van der Waals surface area contributed by atoms with Crippen LogP contribution in [-0.2, 0) is 13.6 Å². The van der Waals surface area contributed by atoms with Gasteiger partial charge in [-0.25, -0.2) is 4.39 Å². The lowest BCUT2D eigenvalue weighted by atomic mass is 10.1. The third-order valence-corrected chi connectivity index (χ3v) is 3.95. The zero-order valence-electron chi connectivity index (χ0n) is 13.7. The van der Waals surface area contributed by atoms with Gasteiger partial charge in [-0.3, -0.25) is 9.48 Å². The highest BCUT2D eigenvalue weighted by Gasteiger charge is 2.19. The minimum Gasteiger partial charge on any atom is -0.355 e. The zero-order valence-corrected chi connectivity index (χ0v) is 13.7. The van der Waals surface area contributed by atoms with Crippen molar-refractivity contribution >= 4 is 5.91 Å². The highest BCUT2D eigenvalue weighted by atomic mass is 19.1. The van der Waals surface area contributed by atoms with Crippen LogP contribution in [0.25, 0.3) is 11.3 Å². The molecule has 0 N–H and O–H groups in total. The van der Waals surface area contributed by atoms with Crippen LogP contribution >= 0.6 is 0 Å². The van der Waals surface area contributed by atoms with Crippen LogP contribution in [0.2, 0.25) is 0 Å². The van der Waals surface area contributed by atoms with E-state index in [-0.39, 0.29) is 17.4 Å². The maximum atomic E-state index is 13.0. The van der Waals surface area contributed by atoms with Crippen LogP contribution in [0, 0.1) is 12.7 Å². The first-order chi connectivity index (χ1) is 11.5. The van der Waals surface area contributed by atoms with Gasteiger partial charge in [0.05, 0.1) is 6.20 Å². The fourth-order valence-corrected chi connectivity index (χ4v) is 2.35. The maximum Gasteiger partial charge on any atom is 0.276 e. The van der Waals surface area contributed by atoms with Crippen molar-refractivity contribution in [2.45, 2.75) is 13.5 Å². The summed E-state index contributed by atoms with van der Waals surface area (Å²) in [7, 11) is 3.55. The van der Waals surface area contributed by atoms with Gasteiger partial charge in [-0.15, -0.1) is 0 Å². The average molecular weight is 328 g/mol. The molecule has 0 spiro atoms. The largest absolute Gasteiger partial charge is 0.355 e. The number of hydrogen-bond donors (Lipinski definition) is 0. The summed E-state index contributed by atoms with van der Waals surface area (Å²) >= 11 is 0. The summed E-state index contributed by atoms with van der Waals surface area (Å²) < 4.78 is 19.9. The molecule has 0 bridgehead atoms. The maximum absolute atomic E-state index is 13.0. The standard InChI is InChI=1S/C17H17FN4O2/c1-11-13(9-19-22(11)3)10-21(2)17(23)15-8-16(24-20-15)12-4-6-14(18)7-5-12/h4-9H,10H2,1-3H3. The van der Waals surface area contributed by atoms with Crippen molar-refractivity contribution in [3.8, 4) is 11.3 Å². The van der Waals surface area contributed by atoms with E-state index in [2.05, 4.69) is 10.3 Å². The Bertz CT molecular complexity index is 867. The van der Waals surface area contributed by atoms with Gasteiger partial charge >= 0.3 is 0 Å². The van der Waals surface area contributed by atoms with Crippen molar-refractivity contribution in [2.75, 3.05) is 7.05 Å². The molecule has 0 aliphatic rings. The lowest BCUT2D eigenvalue weighted by molar-refractivity contribution is 0.0774. The minimum atomic E-state index is -0.332. The molecule has 0 saturated carbocycles. The number of nitrogens with zero attached hydrogens (tertiary/aromatic N) is 4. The van der Waals surface area contributed by atoms with E-state index in [4.69, 9.17) is 4.52 Å². The third-order valence-electron chi connectivity index (χ3n) is 3.95. The summed E-state index contributed by atoms with van der Waals surface area (Å²) in [6.45, 7) is 2.38. The van der Waals surface area contributed by atoms with Crippen molar-refractivity contribution in [1.82, 2.24) is 19.8 Å². The highest BCUT2D eigenvalue weighted by Crippen LogP contribution is 2.21. The number of hydrogen-bond acceptors (Lipinski definition) is 4. The second-order valence-corrected chi connectivity index (χ2v) is 5.62. The Morgan fingerprint density at radius 1 is 1.33 bits per heavy atom. The Hall–Kier alpha value is -2.96. The molecule has 0 aliphatic heterocycles. The molecule has 0 fully saturated rings. The first kappa shape index (κ1) is 15.9. The van der Waals surface area contributed by atoms with Gasteiger partial charge in [0.15, 0.2) is 11.5 Å². The molecule has 0 saturated heterocycles. The van der Waals surface area contributed by atoms with Crippen LogP contribution in [-0.4, -0.2) is 32.8 Å². The molecule has 0 radical (unpaired) electrons. The van der Waals surface area contributed by atoms with E-state index in [1.807, 2.05) is 14.0 Å². The molecular formula is C17H17FN4O2. The summed E-state index contributed by atoms with van der Waals surface area (Å²) in [5.41, 5.74) is 2.84. The van der Waals surface area contributed by atoms with E-state index >= 15 is 0 Å². The third kappa shape index (κ3) is 3.05. The smallest absolute Gasteiger partial charge is 0.276 e.